The number of benzene rings is 1. The first-order valence-corrected chi connectivity index (χ1v) is 10.4. The number of nitrogens with one attached hydrogen (secondary N) is 1. The van der Waals surface area contributed by atoms with Crippen molar-refractivity contribution in [1.82, 2.24) is 10.1 Å². The minimum atomic E-state index is -3.84. The van der Waals surface area contributed by atoms with Crippen molar-refractivity contribution in [2.24, 2.45) is 0 Å². The van der Waals surface area contributed by atoms with Crippen LogP contribution in [0.3, 0.4) is 0 Å². The fourth-order valence-electron chi connectivity index (χ4n) is 3.62. The zero-order chi connectivity index (χ0) is 18.6. The van der Waals surface area contributed by atoms with Gasteiger partial charge < -0.3 is 19.5 Å². The average molecular weight is 390 g/mol. The Kier molecular flexibility index (Phi) is 3.57. The molecule has 5 rings (SSSR count). The number of carbonyl (C=O) groups excluding carboxylic acids is 1. The number of hydrogen-bond acceptors (Lipinski definition) is 8. The zero-order valence-electron chi connectivity index (χ0n) is 14.4. The molecular formula is C17H18N4O5S. The molecule has 2 aliphatic heterocycles. The molecule has 2 aromatic rings. The van der Waals surface area contributed by atoms with Gasteiger partial charge in [-0.2, -0.15) is 4.98 Å². The monoisotopic (exact) mass is 390 g/mol. The number of morpholine rings is 1. The number of sulfone groups is 1. The average Bonchev–Trinajstić information content (AvgIpc) is 3.23. The number of hydrogen-bond donors (Lipinski definition) is 1. The zero-order valence-corrected chi connectivity index (χ0v) is 15.2. The van der Waals surface area contributed by atoms with Gasteiger partial charge in [-0.1, -0.05) is 17.3 Å². The lowest BCUT2D eigenvalue weighted by atomic mass is 10.2. The number of rotatable bonds is 2. The summed E-state index contributed by atoms with van der Waals surface area (Å²) in [6.07, 6.45) is 1.74. The summed E-state index contributed by atoms with van der Waals surface area (Å²) in [4.78, 5) is 18.5. The molecule has 0 radical (unpaired) electrons. The molecule has 1 atom stereocenters. The Balaban J connectivity index is 1.49. The summed E-state index contributed by atoms with van der Waals surface area (Å²) in [5.41, 5.74) is 0.151. The Hall–Kier alpha value is -2.46. The van der Waals surface area contributed by atoms with Gasteiger partial charge in [-0.15, -0.1) is 0 Å². The topological polar surface area (TPSA) is 115 Å². The number of ether oxygens (including phenoxy) is 1. The van der Waals surface area contributed by atoms with Gasteiger partial charge in [0.2, 0.25) is 5.91 Å². The lowest BCUT2D eigenvalue weighted by Gasteiger charge is -2.31. The number of aromatic nitrogens is 2. The van der Waals surface area contributed by atoms with Gasteiger partial charge >= 0.3 is 6.01 Å². The van der Waals surface area contributed by atoms with Gasteiger partial charge in [-0.25, -0.2) is 8.42 Å². The van der Waals surface area contributed by atoms with E-state index in [9.17, 15) is 13.2 Å². The quantitative estimate of drug-likeness (QED) is 0.816. The van der Waals surface area contributed by atoms with Crippen LogP contribution in [0.1, 0.15) is 30.3 Å². The third-order valence-corrected chi connectivity index (χ3v) is 7.35. The van der Waals surface area contributed by atoms with Crippen LogP contribution in [0, 0.1) is 0 Å². The van der Waals surface area contributed by atoms with E-state index in [1.54, 1.807) is 18.2 Å². The highest BCUT2D eigenvalue weighted by Gasteiger charge is 2.48. The highest BCUT2D eigenvalue weighted by Crippen LogP contribution is 2.43. The van der Waals surface area contributed by atoms with Crippen LogP contribution in [0.5, 0.6) is 0 Å². The Labute approximate surface area is 155 Å². The number of fused-ring (bicyclic) bond motifs is 1. The number of amides is 1. The molecule has 10 heteroatoms. The summed E-state index contributed by atoms with van der Waals surface area (Å²) in [7, 11) is -3.84. The highest BCUT2D eigenvalue weighted by molar-refractivity contribution is 7.91. The van der Waals surface area contributed by atoms with Gasteiger partial charge in [-0.05, 0) is 25.0 Å². The molecular weight excluding hydrogens is 372 g/mol. The van der Waals surface area contributed by atoms with Crippen LogP contribution in [-0.4, -0.2) is 49.8 Å². The third-order valence-electron chi connectivity index (χ3n) is 5.26. The number of anilines is 2. The van der Waals surface area contributed by atoms with Crippen LogP contribution in [0.25, 0.3) is 0 Å². The molecule has 142 valence electrons. The maximum Gasteiger partial charge on any atom is 0.324 e. The summed E-state index contributed by atoms with van der Waals surface area (Å²) >= 11 is 0. The van der Waals surface area contributed by atoms with E-state index in [1.807, 2.05) is 4.90 Å². The fraction of sp³-hybridized carbons (Fsp3) is 0.471. The van der Waals surface area contributed by atoms with Crippen molar-refractivity contribution < 1.29 is 22.5 Å². The second-order valence-corrected chi connectivity index (χ2v) is 9.27. The van der Waals surface area contributed by atoms with E-state index in [2.05, 4.69) is 15.5 Å². The molecule has 1 saturated heterocycles. The molecule has 1 saturated carbocycles. The van der Waals surface area contributed by atoms with E-state index >= 15 is 0 Å². The molecule has 9 nitrogen and oxygen atoms in total. The molecule has 0 bridgehead atoms. The van der Waals surface area contributed by atoms with Gasteiger partial charge in [0.05, 0.1) is 35.8 Å². The van der Waals surface area contributed by atoms with Crippen LogP contribution in [0.2, 0.25) is 0 Å². The third kappa shape index (κ3) is 2.79. The van der Waals surface area contributed by atoms with Crippen molar-refractivity contribution in [3.05, 3.63) is 30.1 Å². The first-order valence-electron chi connectivity index (χ1n) is 8.82. The van der Waals surface area contributed by atoms with E-state index in [0.29, 0.717) is 19.7 Å². The van der Waals surface area contributed by atoms with Crippen LogP contribution >= 0.6 is 0 Å². The SMILES string of the molecule is O=C1CC(c2noc(N3CCOC4(CC4)C3)n2)S(=O)(=O)c2ccccc2N1. The van der Waals surface area contributed by atoms with Crippen LogP contribution in [0.4, 0.5) is 11.7 Å². The van der Waals surface area contributed by atoms with E-state index in [0.717, 1.165) is 12.8 Å². The van der Waals surface area contributed by atoms with E-state index in [-0.39, 0.29) is 34.4 Å². The maximum absolute atomic E-state index is 13.1. The first kappa shape index (κ1) is 16.7. The molecule has 1 aromatic heterocycles. The summed E-state index contributed by atoms with van der Waals surface area (Å²) in [5.74, 6) is -0.392. The van der Waals surface area contributed by atoms with E-state index in [4.69, 9.17) is 9.26 Å². The van der Waals surface area contributed by atoms with Crippen molar-refractivity contribution in [3.63, 3.8) is 0 Å². The Bertz CT molecular complexity index is 1010. The second kappa shape index (κ2) is 5.77. The predicted molar refractivity (Wildman–Crippen MR) is 94.0 cm³/mol. The van der Waals surface area contributed by atoms with Crippen molar-refractivity contribution in [2.75, 3.05) is 29.9 Å². The van der Waals surface area contributed by atoms with E-state index in [1.165, 1.54) is 6.07 Å². The lowest BCUT2D eigenvalue weighted by Crippen LogP contribution is -2.44. The largest absolute Gasteiger partial charge is 0.371 e. The van der Waals surface area contributed by atoms with Gasteiger partial charge in [0.1, 0.15) is 5.25 Å². The first-order chi connectivity index (χ1) is 13.0. The van der Waals surface area contributed by atoms with Gasteiger partial charge in [-0.3, -0.25) is 4.79 Å². The van der Waals surface area contributed by atoms with Crippen LogP contribution in [0.15, 0.2) is 33.7 Å². The minimum absolute atomic E-state index is 0.00759. The predicted octanol–water partition coefficient (Wildman–Crippen LogP) is 1.30. The summed E-state index contributed by atoms with van der Waals surface area (Å²) in [6, 6.07) is 6.61. The molecule has 2 fully saturated rings. The Morgan fingerprint density at radius 2 is 2.07 bits per heavy atom. The summed E-state index contributed by atoms with van der Waals surface area (Å²) in [6.45, 7) is 1.81. The molecule has 1 N–H and O–H groups in total. The van der Waals surface area contributed by atoms with Crippen molar-refractivity contribution in [3.8, 4) is 0 Å². The van der Waals surface area contributed by atoms with Crippen LogP contribution < -0.4 is 10.2 Å². The fourth-order valence-corrected chi connectivity index (χ4v) is 5.36. The Morgan fingerprint density at radius 1 is 1.26 bits per heavy atom. The second-order valence-electron chi connectivity index (χ2n) is 7.17. The number of nitrogens with zero attached hydrogens (tertiary/aromatic N) is 3. The van der Waals surface area contributed by atoms with Gasteiger partial charge in [0.25, 0.3) is 0 Å². The molecule has 1 spiro atoms. The van der Waals surface area contributed by atoms with Crippen LogP contribution in [-0.2, 0) is 19.4 Å². The molecule has 3 aliphatic rings. The van der Waals surface area contributed by atoms with Gasteiger partial charge in [0, 0.05) is 6.54 Å². The Morgan fingerprint density at radius 3 is 2.89 bits per heavy atom. The van der Waals surface area contributed by atoms with Crippen molar-refractivity contribution >= 4 is 27.4 Å². The molecule has 27 heavy (non-hydrogen) atoms. The molecule has 3 heterocycles. The molecule has 1 amide bonds. The van der Waals surface area contributed by atoms with E-state index < -0.39 is 21.0 Å². The van der Waals surface area contributed by atoms with Crippen molar-refractivity contribution in [2.45, 2.75) is 35.0 Å². The summed E-state index contributed by atoms with van der Waals surface area (Å²) in [5, 5.41) is 5.35. The number of carbonyl (C=O) groups is 1. The standard InChI is InChI=1S/C17H18N4O5S/c22-14-9-13(27(23,24)12-4-2-1-3-11(12)18-14)15-19-16(26-20-15)21-7-8-25-17(10-21)5-6-17/h1-4,13H,5-10H2,(H,18,22). The summed E-state index contributed by atoms with van der Waals surface area (Å²) < 4.78 is 37.4. The van der Waals surface area contributed by atoms with Gasteiger partial charge in [0.15, 0.2) is 15.7 Å². The highest BCUT2D eigenvalue weighted by atomic mass is 32.2. The minimum Gasteiger partial charge on any atom is -0.371 e. The smallest absolute Gasteiger partial charge is 0.324 e. The molecule has 1 unspecified atom stereocenters. The molecule has 1 aromatic carbocycles. The molecule has 1 aliphatic carbocycles. The maximum atomic E-state index is 13.1. The van der Waals surface area contributed by atoms with Crippen molar-refractivity contribution in [1.29, 1.82) is 0 Å². The lowest BCUT2D eigenvalue weighted by molar-refractivity contribution is -0.116. The normalized spacial score (nSPS) is 25.6. The number of para-hydroxylation sites is 1.